The summed E-state index contributed by atoms with van der Waals surface area (Å²) in [6.45, 7) is 0. The molecule has 4 rings (SSSR count). The third-order valence-electron chi connectivity index (χ3n) is 3.84. The number of rotatable bonds is 1. The lowest BCUT2D eigenvalue weighted by molar-refractivity contribution is 0.0697. The van der Waals surface area contributed by atoms with Crippen LogP contribution in [-0.4, -0.2) is 21.9 Å². The zero-order valence-electron chi connectivity index (χ0n) is 11.6. The first-order valence-electron chi connectivity index (χ1n) is 6.91. The van der Waals surface area contributed by atoms with Crippen LogP contribution in [0.15, 0.2) is 59.7 Å². The van der Waals surface area contributed by atoms with Crippen LogP contribution >= 0.6 is 0 Å². The molecule has 1 N–H and O–H groups in total. The normalized spacial score (nSPS) is 12.5. The monoisotopic (exact) mass is 288 g/mol. The number of hydrogen-bond donors (Lipinski definition) is 1. The zero-order chi connectivity index (χ0) is 15.1. The summed E-state index contributed by atoms with van der Waals surface area (Å²) < 4.78 is 1.98. The van der Waals surface area contributed by atoms with Gasteiger partial charge in [0.05, 0.1) is 16.8 Å². The molecule has 22 heavy (non-hydrogen) atoms. The van der Waals surface area contributed by atoms with Crippen molar-refractivity contribution in [1.82, 2.24) is 4.57 Å². The molecule has 0 bridgehead atoms. The number of benzene rings is 2. The lowest BCUT2D eigenvalue weighted by atomic mass is 10.0. The second-order valence-corrected chi connectivity index (χ2v) is 5.14. The molecule has 0 radical (unpaired) electrons. The number of carboxylic acids is 1. The Morgan fingerprint density at radius 1 is 1.09 bits per heavy atom. The molecular formula is C18H12N2O2. The molecule has 1 aromatic heterocycles. The highest BCUT2D eigenvalue weighted by atomic mass is 16.4. The Bertz CT molecular complexity index is 964. The SMILES string of the molecule is O=C(O)c1ccc2cc3n(c2c1)C=CN=Cc1ccccc1-3. The van der Waals surface area contributed by atoms with E-state index >= 15 is 0 Å². The van der Waals surface area contributed by atoms with Crippen LogP contribution in [0.2, 0.25) is 0 Å². The summed E-state index contributed by atoms with van der Waals surface area (Å²) in [7, 11) is 0. The van der Waals surface area contributed by atoms with Crippen molar-refractivity contribution < 1.29 is 9.90 Å². The summed E-state index contributed by atoms with van der Waals surface area (Å²) >= 11 is 0. The molecule has 0 aliphatic carbocycles. The molecule has 0 saturated heterocycles. The fraction of sp³-hybridized carbons (Fsp3) is 0. The van der Waals surface area contributed by atoms with E-state index < -0.39 is 5.97 Å². The van der Waals surface area contributed by atoms with Gasteiger partial charge in [0.1, 0.15) is 0 Å². The summed E-state index contributed by atoms with van der Waals surface area (Å²) in [5.41, 5.74) is 4.27. The minimum atomic E-state index is -0.925. The van der Waals surface area contributed by atoms with Gasteiger partial charge in [0.2, 0.25) is 0 Å². The van der Waals surface area contributed by atoms with E-state index in [2.05, 4.69) is 11.1 Å². The van der Waals surface area contributed by atoms with Gasteiger partial charge in [0, 0.05) is 35.1 Å². The Kier molecular flexibility index (Phi) is 2.69. The van der Waals surface area contributed by atoms with E-state index in [1.807, 2.05) is 47.3 Å². The van der Waals surface area contributed by atoms with Gasteiger partial charge >= 0.3 is 5.97 Å². The van der Waals surface area contributed by atoms with Crippen molar-refractivity contribution in [2.45, 2.75) is 0 Å². The molecule has 1 aliphatic heterocycles. The van der Waals surface area contributed by atoms with Crippen molar-refractivity contribution in [1.29, 1.82) is 0 Å². The van der Waals surface area contributed by atoms with Crippen LogP contribution in [0.4, 0.5) is 0 Å². The largest absolute Gasteiger partial charge is 0.478 e. The lowest BCUT2D eigenvalue weighted by Gasteiger charge is -2.10. The highest BCUT2D eigenvalue weighted by Crippen LogP contribution is 2.31. The average molecular weight is 288 g/mol. The fourth-order valence-corrected chi connectivity index (χ4v) is 2.79. The Hall–Kier alpha value is -3.14. The predicted octanol–water partition coefficient (Wildman–Crippen LogP) is 3.87. The van der Waals surface area contributed by atoms with E-state index in [0.29, 0.717) is 0 Å². The van der Waals surface area contributed by atoms with Crippen LogP contribution in [0.3, 0.4) is 0 Å². The van der Waals surface area contributed by atoms with Gasteiger partial charge in [-0.05, 0) is 18.2 Å². The number of carbonyl (C=O) groups is 1. The van der Waals surface area contributed by atoms with Gasteiger partial charge in [0.15, 0.2) is 0 Å². The highest BCUT2D eigenvalue weighted by Gasteiger charge is 2.14. The van der Waals surface area contributed by atoms with Gasteiger partial charge in [-0.2, -0.15) is 0 Å². The van der Waals surface area contributed by atoms with Crippen molar-refractivity contribution in [3.8, 4) is 11.3 Å². The molecule has 4 nitrogen and oxygen atoms in total. The molecule has 2 aromatic carbocycles. The number of aliphatic imine (C=N–C) groups is 1. The number of carboxylic acid groups (broad SMARTS) is 1. The zero-order valence-corrected chi connectivity index (χ0v) is 11.6. The number of nitrogens with zero attached hydrogens (tertiary/aromatic N) is 2. The van der Waals surface area contributed by atoms with Gasteiger partial charge in [-0.3, -0.25) is 4.99 Å². The van der Waals surface area contributed by atoms with Crippen LogP contribution in [-0.2, 0) is 0 Å². The molecule has 4 heteroatoms. The summed E-state index contributed by atoms with van der Waals surface area (Å²) in [6.07, 6.45) is 5.40. The second kappa shape index (κ2) is 4.70. The molecule has 0 unspecified atom stereocenters. The number of fused-ring (bicyclic) bond motifs is 5. The molecule has 0 spiro atoms. The summed E-state index contributed by atoms with van der Waals surface area (Å²) in [5.74, 6) is -0.925. The topological polar surface area (TPSA) is 54.6 Å². The van der Waals surface area contributed by atoms with E-state index in [4.69, 9.17) is 0 Å². The highest BCUT2D eigenvalue weighted by molar-refractivity contribution is 5.99. The van der Waals surface area contributed by atoms with Gasteiger partial charge in [-0.25, -0.2) is 4.79 Å². The van der Waals surface area contributed by atoms with Crippen molar-refractivity contribution in [3.05, 3.63) is 65.9 Å². The molecule has 3 aromatic rings. The Labute approximate surface area is 126 Å². The second-order valence-electron chi connectivity index (χ2n) is 5.14. The maximum atomic E-state index is 11.2. The fourth-order valence-electron chi connectivity index (χ4n) is 2.79. The van der Waals surface area contributed by atoms with Gasteiger partial charge in [-0.15, -0.1) is 0 Å². The summed E-state index contributed by atoms with van der Waals surface area (Å²) in [5, 5.41) is 10.2. The van der Waals surface area contributed by atoms with Crippen LogP contribution in [0.25, 0.3) is 28.4 Å². The first-order chi connectivity index (χ1) is 10.7. The van der Waals surface area contributed by atoms with Gasteiger partial charge in [-0.1, -0.05) is 30.3 Å². The van der Waals surface area contributed by atoms with E-state index in [9.17, 15) is 9.90 Å². The Morgan fingerprint density at radius 2 is 1.95 bits per heavy atom. The van der Waals surface area contributed by atoms with E-state index in [0.717, 1.165) is 27.7 Å². The van der Waals surface area contributed by atoms with Gasteiger partial charge in [0.25, 0.3) is 0 Å². The average Bonchev–Trinajstić information content (AvgIpc) is 2.86. The lowest BCUT2D eigenvalue weighted by Crippen LogP contribution is -1.98. The molecule has 0 fully saturated rings. The van der Waals surface area contributed by atoms with Crippen molar-refractivity contribution >= 4 is 29.3 Å². The van der Waals surface area contributed by atoms with Crippen LogP contribution in [0.1, 0.15) is 15.9 Å². The third-order valence-corrected chi connectivity index (χ3v) is 3.84. The first kappa shape index (κ1) is 12.6. The molecule has 2 heterocycles. The Morgan fingerprint density at radius 3 is 2.82 bits per heavy atom. The standard InChI is InChI=1S/C18H12N2O2/c21-18(22)13-6-5-12-9-17-15-4-2-1-3-14(15)11-19-7-8-20(17)16(12)10-13/h1-11H,(H,21,22). The van der Waals surface area contributed by atoms with Crippen LogP contribution < -0.4 is 0 Å². The van der Waals surface area contributed by atoms with E-state index in [-0.39, 0.29) is 5.56 Å². The summed E-state index contributed by atoms with van der Waals surface area (Å²) in [6, 6.07) is 15.3. The molecule has 0 amide bonds. The molecule has 0 saturated carbocycles. The van der Waals surface area contributed by atoms with Crippen LogP contribution in [0.5, 0.6) is 0 Å². The molecule has 0 atom stereocenters. The molecule has 106 valence electrons. The maximum Gasteiger partial charge on any atom is 0.335 e. The van der Waals surface area contributed by atoms with Crippen molar-refractivity contribution in [2.75, 3.05) is 0 Å². The third kappa shape index (κ3) is 1.85. The van der Waals surface area contributed by atoms with Crippen LogP contribution in [0, 0.1) is 0 Å². The Balaban J connectivity index is 2.07. The number of aromatic carboxylic acids is 1. The quantitative estimate of drug-likeness (QED) is 0.739. The van der Waals surface area contributed by atoms with Crippen molar-refractivity contribution in [2.24, 2.45) is 4.99 Å². The summed E-state index contributed by atoms with van der Waals surface area (Å²) in [4.78, 5) is 15.5. The number of aromatic nitrogens is 1. The first-order valence-corrected chi connectivity index (χ1v) is 6.91. The molecule has 1 aliphatic rings. The number of hydrogen-bond acceptors (Lipinski definition) is 2. The van der Waals surface area contributed by atoms with E-state index in [1.54, 1.807) is 18.3 Å². The smallest absolute Gasteiger partial charge is 0.335 e. The van der Waals surface area contributed by atoms with E-state index in [1.165, 1.54) is 0 Å². The minimum Gasteiger partial charge on any atom is -0.478 e. The maximum absolute atomic E-state index is 11.2. The minimum absolute atomic E-state index is 0.278. The van der Waals surface area contributed by atoms with Gasteiger partial charge < -0.3 is 9.67 Å². The molecular weight excluding hydrogens is 276 g/mol. The predicted molar refractivity (Wildman–Crippen MR) is 87.3 cm³/mol. The van der Waals surface area contributed by atoms with Crippen molar-refractivity contribution in [3.63, 3.8) is 0 Å².